The Morgan fingerprint density at radius 2 is 1.79 bits per heavy atom. The van der Waals surface area contributed by atoms with Gasteiger partial charge in [0.1, 0.15) is 0 Å². The maximum atomic E-state index is 13.8. The van der Waals surface area contributed by atoms with Gasteiger partial charge >= 0.3 is 0 Å². The number of hydrogen-bond donors (Lipinski definition) is 0. The van der Waals surface area contributed by atoms with Crippen molar-refractivity contribution in [1.82, 2.24) is 14.8 Å². The highest BCUT2D eigenvalue weighted by atomic mass is 32.2. The van der Waals surface area contributed by atoms with Crippen LogP contribution in [0.1, 0.15) is 0 Å². The second kappa shape index (κ2) is 6.65. The molecule has 0 N–H and O–H groups in total. The fourth-order valence-corrected chi connectivity index (χ4v) is 3.72. The molecular weight excluding hydrogens is 323 g/mol. The minimum atomic E-state index is -0.384. The Morgan fingerprint density at radius 3 is 2.54 bits per heavy atom. The highest BCUT2D eigenvalue weighted by Gasteiger charge is 2.12. The van der Waals surface area contributed by atoms with Crippen LogP contribution in [0.5, 0.6) is 0 Å². The molecule has 0 saturated carbocycles. The first kappa shape index (κ1) is 15.2. The molecular formula is C18H17FN4S. The average molecular weight is 340 g/mol. The molecule has 0 aliphatic carbocycles. The smallest absolute Gasteiger partial charge is 0.189 e. The van der Waals surface area contributed by atoms with Crippen LogP contribution in [-0.2, 0) is 0 Å². The van der Waals surface area contributed by atoms with Crippen LogP contribution in [0.2, 0.25) is 0 Å². The predicted octanol–water partition coefficient (Wildman–Crippen LogP) is 3.63. The van der Waals surface area contributed by atoms with E-state index in [0.29, 0.717) is 0 Å². The Hall–Kier alpha value is -2.34. The van der Waals surface area contributed by atoms with Gasteiger partial charge in [0.15, 0.2) is 11.6 Å². The van der Waals surface area contributed by atoms with E-state index < -0.39 is 0 Å². The van der Waals surface area contributed by atoms with E-state index >= 15 is 0 Å². The lowest BCUT2D eigenvalue weighted by atomic mass is 10.1. The Bertz CT molecular complexity index is 825. The normalized spacial score (nSPS) is 14.8. The van der Waals surface area contributed by atoms with Crippen LogP contribution in [0.15, 0.2) is 55.0 Å². The number of rotatable bonds is 3. The van der Waals surface area contributed by atoms with Gasteiger partial charge in [0, 0.05) is 48.2 Å². The van der Waals surface area contributed by atoms with Crippen molar-refractivity contribution in [1.29, 1.82) is 0 Å². The standard InChI is InChI=1S/C18H17FN4S/c19-17-2-1-7-20-18(17)23-13-15(12-21-23)14-3-5-16(6-4-14)22-8-10-24-11-9-22/h1-7,12-13H,8-11H2. The first-order chi connectivity index (χ1) is 11.8. The van der Waals surface area contributed by atoms with Crippen LogP contribution in [0, 0.1) is 5.82 Å². The first-order valence-corrected chi connectivity index (χ1v) is 9.05. The molecule has 1 aliphatic heterocycles. The molecule has 3 heterocycles. The number of halogens is 1. The van der Waals surface area contributed by atoms with Crippen LogP contribution in [-0.4, -0.2) is 39.4 Å². The average Bonchev–Trinajstić information content (AvgIpc) is 3.13. The van der Waals surface area contributed by atoms with Gasteiger partial charge < -0.3 is 4.90 Å². The molecule has 0 spiro atoms. The lowest BCUT2D eigenvalue weighted by Crippen LogP contribution is -2.32. The third kappa shape index (κ3) is 3.01. The molecule has 1 aromatic carbocycles. The van der Waals surface area contributed by atoms with E-state index in [4.69, 9.17) is 0 Å². The molecule has 0 unspecified atom stereocenters. The third-order valence-electron chi connectivity index (χ3n) is 4.12. The first-order valence-electron chi connectivity index (χ1n) is 7.90. The monoisotopic (exact) mass is 340 g/mol. The molecule has 2 aromatic heterocycles. The van der Waals surface area contributed by atoms with Gasteiger partial charge in [0.25, 0.3) is 0 Å². The van der Waals surface area contributed by atoms with Crippen LogP contribution < -0.4 is 4.90 Å². The Balaban J connectivity index is 1.57. The summed E-state index contributed by atoms with van der Waals surface area (Å²) < 4.78 is 15.3. The van der Waals surface area contributed by atoms with Crippen LogP contribution >= 0.6 is 11.8 Å². The summed E-state index contributed by atoms with van der Waals surface area (Å²) in [6.07, 6.45) is 5.10. The number of anilines is 1. The molecule has 0 atom stereocenters. The second-order valence-corrected chi connectivity index (χ2v) is 6.85. The number of benzene rings is 1. The van der Waals surface area contributed by atoms with E-state index in [2.05, 4.69) is 39.2 Å². The third-order valence-corrected chi connectivity index (χ3v) is 5.06. The molecule has 4 nitrogen and oxygen atoms in total. The molecule has 3 aromatic rings. The summed E-state index contributed by atoms with van der Waals surface area (Å²) in [6.45, 7) is 2.20. The van der Waals surface area contributed by atoms with E-state index in [1.807, 2.05) is 11.8 Å². The Labute approximate surface area is 144 Å². The van der Waals surface area contributed by atoms with Gasteiger partial charge in [-0.25, -0.2) is 14.1 Å². The molecule has 4 rings (SSSR count). The molecule has 0 amide bonds. The summed E-state index contributed by atoms with van der Waals surface area (Å²) in [7, 11) is 0. The molecule has 122 valence electrons. The predicted molar refractivity (Wildman–Crippen MR) is 96.3 cm³/mol. The second-order valence-electron chi connectivity index (χ2n) is 5.63. The molecule has 0 bridgehead atoms. The van der Waals surface area contributed by atoms with E-state index in [0.717, 1.165) is 24.2 Å². The largest absolute Gasteiger partial charge is 0.370 e. The SMILES string of the molecule is Fc1cccnc1-n1cc(-c2ccc(N3CCSCC3)cc2)cn1. The van der Waals surface area contributed by atoms with Gasteiger partial charge in [0.05, 0.1) is 6.20 Å². The van der Waals surface area contributed by atoms with Crippen molar-refractivity contribution in [3.8, 4) is 16.9 Å². The van der Waals surface area contributed by atoms with Crippen molar-refractivity contribution in [3.05, 3.63) is 60.8 Å². The van der Waals surface area contributed by atoms with E-state index in [-0.39, 0.29) is 11.6 Å². The fraction of sp³-hybridized carbons (Fsp3) is 0.222. The summed E-state index contributed by atoms with van der Waals surface area (Å²) >= 11 is 2.01. The highest BCUT2D eigenvalue weighted by Crippen LogP contribution is 2.25. The molecule has 6 heteroatoms. The van der Waals surface area contributed by atoms with E-state index in [9.17, 15) is 4.39 Å². The van der Waals surface area contributed by atoms with Crippen LogP contribution in [0.3, 0.4) is 0 Å². The van der Waals surface area contributed by atoms with Gasteiger partial charge in [-0.1, -0.05) is 12.1 Å². The fourth-order valence-electron chi connectivity index (χ4n) is 2.82. The number of thioether (sulfide) groups is 1. The van der Waals surface area contributed by atoms with Gasteiger partial charge in [-0.15, -0.1) is 0 Å². The summed E-state index contributed by atoms with van der Waals surface area (Å²) in [5, 5.41) is 4.24. The lowest BCUT2D eigenvalue weighted by Gasteiger charge is -2.28. The molecule has 1 fully saturated rings. The quantitative estimate of drug-likeness (QED) is 0.729. The minimum Gasteiger partial charge on any atom is -0.370 e. The zero-order chi connectivity index (χ0) is 16.4. The number of aromatic nitrogens is 3. The molecule has 0 radical (unpaired) electrons. The summed E-state index contributed by atoms with van der Waals surface area (Å²) in [5.74, 6) is 2.20. The van der Waals surface area contributed by atoms with Gasteiger partial charge in [-0.05, 0) is 29.8 Å². The van der Waals surface area contributed by atoms with Crippen LogP contribution in [0.4, 0.5) is 10.1 Å². The van der Waals surface area contributed by atoms with Gasteiger partial charge in [0.2, 0.25) is 0 Å². The summed E-state index contributed by atoms with van der Waals surface area (Å²) in [5.41, 5.74) is 3.26. The van der Waals surface area contributed by atoms with Crippen molar-refractivity contribution in [3.63, 3.8) is 0 Å². The van der Waals surface area contributed by atoms with Crippen molar-refractivity contribution in [2.45, 2.75) is 0 Å². The van der Waals surface area contributed by atoms with Gasteiger partial charge in [-0.2, -0.15) is 16.9 Å². The van der Waals surface area contributed by atoms with Gasteiger partial charge in [-0.3, -0.25) is 0 Å². The minimum absolute atomic E-state index is 0.214. The summed E-state index contributed by atoms with van der Waals surface area (Å²) in [6, 6.07) is 11.4. The van der Waals surface area contributed by atoms with Crippen molar-refractivity contribution >= 4 is 17.4 Å². The van der Waals surface area contributed by atoms with Crippen molar-refractivity contribution < 1.29 is 4.39 Å². The van der Waals surface area contributed by atoms with Crippen LogP contribution in [0.25, 0.3) is 16.9 Å². The van der Waals surface area contributed by atoms with E-state index in [1.165, 1.54) is 27.9 Å². The molecule has 1 aliphatic rings. The molecule has 24 heavy (non-hydrogen) atoms. The topological polar surface area (TPSA) is 34.0 Å². The number of nitrogens with zero attached hydrogens (tertiary/aromatic N) is 4. The summed E-state index contributed by atoms with van der Waals surface area (Å²) in [4.78, 5) is 6.46. The number of pyridine rings is 1. The molecule has 1 saturated heterocycles. The lowest BCUT2D eigenvalue weighted by molar-refractivity contribution is 0.600. The zero-order valence-corrected chi connectivity index (χ0v) is 13.9. The van der Waals surface area contributed by atoms with Crippen molar-refractivity contribution in [2.24, 2.45) is 0 Å². The highest BCUT2D eigenvalue weighted by molar-refractivity contribution is 7.99. The van der Waals surface area contributed by atoms with E-state index in [1.54, 1.807) is 24.7 Å². The maximum Gasteiger partial charge on any atom is 0.189 e. The maximum absolute atomic E-state index is 13.8. The Morgan fingerprint density at radius 1 is 1.00 bits per heavy atom. The zero-order valence-electron chi connectivity index (χ0n) is 13.1. The Kier molecular flexibility index (Phi) is 4.21. The van der Waals surface area contributed by atoms with Crippen molar-refractivity contribution in [2.75, 3.05) is 29.5 Å². The number of hydrogen-bond acceptors (Lipinski definition) is 4.